The van der Waals surface area contributed by atoms with Gasteiger partial charge in [0.15, 0.2) is 5.78 Å². The number of allylic oxidation sites excluding steroid dienone is 2. The molecule has 0 aliphatic rings. The van der Waals surface area contributed by atoms with Crippen molar-refractivity contribution in [1.82, 2.24) is 14.8 Å². The molecule has 0 aliphatic heterocycles. The van der Waals surface area contributed by atoms with Crippen molar-refractivity contribution >= 4 is 5.78 Å². The summed E-state index contributed by atoms with van der Waals surface area (Å²) in [4.78, 5) is 15.6. The Balaban J connectivity index is 2.64. The molecule has 0 aliphatic carbocycles. The zero-order valence-electron chi connectivity index (χ0n) is 9.53. The molecule has 0 bridgehead atoms. The fourth-order valence-electron chi connectivity index (χ4n) is 1.37. The van der Waals surface area contributed by atoms with E-state index in [0.717, 1.165) is 12.8 Å². The van der Waals surface area contributed by atoms with E-state index in [-0.39, 0.29) is 5.78 Å². The number of nitrogens with zero attached hydrogens (tertiary/aromatic N) is 3. The minimum absolute atomic E-state index is 0.102. The van der Waals surface area contributed by atoms with Crippen LogP contribution in [0.4, 0.5) is 0 Å². The highest BCUT2D eigenvalue weighted by Gasteiger charge is 2.06. The predicted molar refractivity (Wildman–Crippen MR) is 58.4 cm³/mol. The molecule has 0 aromatic carbocycles. The lowest BCUT2D eigenvalue weighted by molar-refractivity contribution is -0.114. The summed E-state index contributed by atoms with van der Waals surface area (Å²) in [5.41, 5.74) is 1.18. The Bertz CT molecular complexity index is 360. The normalized spacial score (nSPS) is 10.1. The summed E-state index contributed by atoms with van der Waals surface area (Å²) in [6.45, 7) is 4.12. The van der Waals surface area contributed by atoms with Crippen LogP contribution in [0.3, 0.4) is 0 Å². The first-order chi connectivity index (χ1) is 7.17. The molecule has 0 saturated heterocycles. The Labute approximate surface area is 90.0 Å². The van der Waals surface area contributed by atoms with Crippen molar-refractivity contribution in [1.29, 1.82) is 0 Å². The standard InChI is InChI=1S/C11H17N3O/c1-4-9(5-2)6-10(15)7-11-12-8-13-14(11)3/h6,8H,4-5,7H2,1-3H3. The SMILES string of the molecule is CCC(=CC(=O)Cc1ncnn1C)CC. The Kier molecular flexibility index (Phi) is 4.21. The summed E-state index contributed by atoms with van der Waals surface area (Å²) in [5.74, 6) is 0.813. The number of aromatic nitrogens is 3. The topological polar surface area (TPSA) is 47.8 Å². The van der Waals surface area contributed by atoms with Crippen LogP contribution in [0.5, 0.6) is 0 Å². The van der Waals surface area contributed by atoms with Crippen LogP contribution >= 0.6 is 0 Å². The van der Waals surface area contributed by atoms with E-state index in [4.69, 9.17) is 0 Å². The maximum Gasteiger partial charge on any atom is 0.163 e. The van der Waals surface area contributed by atoms with Crippen LogP contribution in [0.2, 0.25) is 0 Å². The zero-order valence-corrected chi connectivity index (χ0v) is 9.53. The molecule has 0 fully saturated rings. The molecular formula is C11H17N3O. The molecule has 4 heteroatoms. The maximum atomic E-state index is 11.6. The smallest absolute Gasteiger partial charge is 0.163 e. The average Bonchev–Trinajstić information content (AvgIpc) is 2.61. The van der Waals surface area contributed by atoms with Gasteiger partial charge in [0.1, 0.15) is 12.2 Å². The molecule has 1 aromatic rings. The summed E-state index contributed by atoms with van der Waals surface area (Å²) in [5, 5.41) is 3.92. The molecule has 0 radical (unpaired) electrons. The van der Waals surface area contributed by atoms with E-state index in [0.29, 0.717) is 12.2 Å². The van der Waals surface area contributed by atoms with Crippen LogP contribution in [0, 0.1) is 0 Å². The number of carbonyl (C=O) groups excluding carboxylic acids is 1. The van der Waals surface area contributed by atoms with Gasteiger partial charge in [-0.15, -0.1) is 0 Å². The second-order valence-electron chi connectivity index (χ2n) is 3.45. The third kappa shape index (κ3) is 3.31. The van der Waals surface area contributed by atoms with Gasteiger partial charge in [0.2, 0.25) is 0 Å². The van der Waals surface area contributed by atoms with Gasteiger partial charge < -0.3 is 0 Å². The van der Waals surface area contributed by atoms with Crippen molar-refractivity contribution in [3.05, 3.63) is 23.8 Å². The highest BCUT2D eigenvalue weighted by Crippen LogP contribution is 2.06. The van der Waals surface area contributed by atoms with Crippen molar-refractivity contribution < 1.29 is 4.79 Å². The first-order valence-electron chi connectivity index (χ1n) is 5.22. The second-order valence-corrected chi connectivity index (χ2v) is 3.45. The lowest BCUT2D eigenvalue weighted by atomic mass is 10.1. The molecule has 0 atom stereocenters. The molecule has 0 saturated carbocycles. The van der Waals surface area contributed by atoms with E-state index in [1.165, 1.54) is 11.9 Å². The number of rotatable bonds is 5. The van der Waals surface area contributed by atoms with Gasteiger partial charge in [0.05, 0.1) is 6.42 Å². The highest BCUT2D eigenvalue weighted by atomic mass is 16.1. The molecule has 1 aromatic heterocycles. The van der Waals surface area contributed by atoms with Crippen LogP contribution < -0.4 is 0 Å². The van der Waals surface area contributed by atoms with Gasteiger partial charge >= 0.3 is 0 Å². The van der Waals surface area contributed by atoms with E-state index < -0.39 is 0 Å². The van der Waals surface area contributed by atoms with Crippen molar-refractivity contribution in [3.8, 4) is 0 Å². The summed E-state index contributed by atoms with van der Waals surface area (Å²) < 4.78 is 1.63. The fourth-order valence-corrected chi connectivity index (χ4v) is 1.37. The molecule has 1 heterocycles. The van der Waals surface area contributed by atoms with Crippen molar-refractivity contribution in [2.75, 3.05) is 0 Å². The first kappa shape index (κ1) is 11.6. The van der Waals surface area contributed by atoms with Gasteiger partial charge in [-0.3, -0.25) is 9.48 Å². The largest absolute Gasteiger partial charge is 0.294 e. The lowest BCUT2D eigenvalue weighted by Crippen LogP contribution is -2.07. The Morgan fingerprint density at radius 2 is 2.13 bits per heavy atom. The van der Waals surface area contributed by atoms with E-state index in [2.05, 4.69) is 23.9 Å². The minimum Gasteiger partial charge on any atom is -0.294 e. The fraction of sp³-hybridized carbons (Fsp3) is 0.545. The molecule has 15 heavy (non-hydrogen) atoms. The van der Waals surface area contributed by atoms with Crippen LogP contribution in [0.15, 0.2) is 18.0 Å². The van der Waals surface area contributed by atoms with E-state index in [1.807, 2.05) is 0 Å². The van der Waals surface area contributed by atoms with Gasteiger partial charge in [-0.2, -0.15) is 5.10 Å². The predicted octanol–water partition coefficient (Wildman–Crippen LogP) is 1.67. The zero-order chi connectivity index (χ0) is 11.3. The van der Waals surface area contributed by atoms with E-state index in [9.17, 15) is 4.79 Å². The van der Waals surface area contributed by atoms with Crippen LogP contribution in [0.1, 0.15) is 32.5 Å². The number of hydrogen-bond donors (Lipinski definition) is 0. The maximum absolute atomic E-state index is 11.6. The summed E-state index contributed by atoms with van der Waals surface area (Å²) in [6, 6.07) is 0. The third-order valence-corrected chi connectivity index (χ3v) is 2.41. The Hall–Kier alpha value is -1.45. The molecule has 1 rings (SSSR count). The van der Waals surface area contributed by atoms with Crippen molar-refractivity contribution in [2.24, 2.45) is 7.05 Å². The molecule has 82 valence electrons. The summed E-state index contributed by atoms with van der Waals surface area (Å²) in [7, 11) is 1.79. The molecule has 0 spiro atoms. The quantitative estimate of drug-likeness (QED) is 0.690. The number of ketones is 1. The molecular weight excluding hydrogens is 190 g/mol. The van der Waals surface area contributed by atoms with E-state index in [1.54, 1.807) is 17.8 Å². The van der Waals surface area contributed by atoms with Gasteiger partial charge in [-0.1, -0.05) is 19.4 Å². The summed E-state index contributed by atoms with van der Waals surface area (Å²) in [6.07, 6.45) is 5.39. The van der Waals surface area contributed by atoms with Crippen LogP contribution in [0.25, 0.3) is 0 Å². The van der Waals surface area contributed by atoms with Gasteiger partial charge in [0, 0.05) is 7.05 Å². The number of hydrogen-bond acceptors (Lipinski definition) is 3. The Morgan fingerprint density at radius 1 is 1.47 bits per heavy atom. The number of carbonyl (C=O) groups is 1. The first-order valence-corrected chi connectivity index (χ1v) is 5.22. The average molecular weight is 207 g/mol. The van der Waals surface area contributed by atoms with Crippen LogP contribution in [-0.2, 0) is 18.3 Å². The molecule has 4 nitrogen and oxygen atoms in total. The van der Waals surface area contributed by atoms with Gasteiger partial charge in [-0.25, -0.2) is 4.98 Å². The molecule has 0 amide bonds. The lowest BCUT2D eigenvalue weighted by Gasteiger charge is -2.00. The van der Waals surface area contributed by atoms with Gasteiger partial charge in [0.25, 0.3) is 0 Å². The van der Waals surface area contributed by atoms with Gasteiger partial charge in [-0.05, 0) is 18.9 Å². The third-order valence-electron chi connectivity index (χ3n) is 2.41. The highest BCUT2D eigenvalue weighted by molar-refractivity contribution is 5.91. The summed E-state index contributed by atoms with van der Waals surface area (Å²) >= 11 is 0. The molecule has 0 unspecified atom stereocenters. The molecule has 0 N–H and O–H groups in total. The second kappa shape index (κ2) is 5.44. The monoisotopic (exact) mass is 207 g/mol. The van der Waals surface area contributed by atoms with Crippen molar-refractivity contribution in [3.63, 3.8) is 0 Å². The number of aryl methyl sites for hydroxylation is 1. The minimum atomic E-state index is 0.102. The van der Waals surface area contributed by atoms with Crippen LogP contribution in [-0.4, -0.2) is 20.5 Å². The van der Waals surface area contributed by atoms with E-state index >= 15 is 0 Å². The van der Waals surface area contributed by atoms with Crippen molar-refractivity contribution in [2.45, 2.75) is 33.1 Å². The Morgan fingerprint density at radius 3 is 2.60 bits per heavy atom.